The Labute approximate surface area is 134 Å². The number of anilines is 1. The third-order valence-corrected chi connectivity index (χ3v) is 3.97. The van der Waals surface area contributed by atoms with Gasteiger partial charge < -0.3 is 15.0 Å². The van der Waals surface area contributed by atoms with Gasteiger partial charge in [-0.2, -0.15) is 0 Å². The predicted octanol–water partition coefficient (Wildman–Crippen LogP) is 2.78. The fourth-order valence-electron chi connectivity index (χ4n) is 2.59. The molecule has 0 atom stereocenters. The Balaban J connectivity index is 1.83. The summed E-state index contributed by atoms with van der Waals surface area (Å²) in [5, 5.41) is 12.4. The van der Waals surface area contributed by atoms with Crippen molar-refractivity contribution in [3.8, 4) is 0 Å². The molecule has 0 fully saturated rings. The van der Waals surface area contributed by atoms with Crippen LogP contribution in [0.15, 0.2) is 42.5 Å². The molecule has 3 aromatic rings. The summed E-state index contributed by atoms with van der Waals surface area (Å²) in [6.07, 6.45) is 0. The Morgan fingerprint density at radius 1 is 1.17 bits per heavy atom. The number of carbonyl (C=O) groups excluding carboxylic acids is 1. The van der Waals surface area contributed by atoms with E-state index in [-0.39, 0.29) is 19.1 Å². The number of carbonyl (C=O) groups is 1. The number of imidazole rings is 1. The standard InChI is InChI=1S/C18H19N3O2/c1-12-7-8-14(9-13(12)2)19-18(23)10-21-16-6-4-3-5-15(16)20-17(21)11-22/h3-9,22H,10-11H2,1-2H3,(H,19,23). The summed E-state index contributed by atoms with van der Waals surface area (Å²) >= 11 is 0. The van der Waals surface area contributed by atoms with Crippen LogP contribution in [0.1, 0.15) is 17.0 Å². The lowest BCUT2D eigenvalue weighted by molar-refractivity contribution is -0.116. The van der Waals surface area contributed by atoms with Crippen LogP contribution in [0.2, 0.25) is 0 Å². The van der Waals surface area contributed by atoms with Gasteiger partial charge in [0.15, 0.2) is 0 Å². The van der Waals surface area contributed by atoms with Crippen LogP contribution in [0.25, 0.3) is 11.0 Å². The summed E-state index contributed by atoms with van der Waals surface area (Å²) in [6, 6.07) is 13.4. The van der Waals surface area contributed by atoms with E-state index in [1.807, 2.05) is 56.3 Å². The van der Waals surface area contributed by atoms with Crippen molar-refractivity contribution in [3.63, 3.8) is 0 Å². The van der Waals surface area contributed by atoms with Crippen molar-refractivity contribution in [1.29, 1.82) is 0 Å². The maximum atomic E-state index is 12.3. The van der Waals surface area contributed by atoms with Crippen molar-refractivity contribution in [2.75, 3.05) is 5.32 Å². The minimum Gasteiger partial charge on any atom is -0.388 e. The molecule has 1 amide bonds. The maximum Gasteiger partial charge on any atom is 0.244 e. The number of hydrogen-bond acceptors (Lipinski definition) is 3. The quantitative estimate of drug-likeness (QED) is 0.779. The summed E-state index contributed by atoms with van der Waals surface area (Å²) in [5.41, 5.74) is 4.70. The van der Waals surface area contributed by atoms with Crippen molar-refractivity contribution in [2.24, 2.45) is 0 Å². The molecule has 118 valence electrons. The molecule has 0 radical (unpaired) electrons. The van der Waals surface area contributed by atoms with Crippen molar-refractivity contribution >= 4 is 22.6 Å². The fraction of sp³-hybridized carbons (Fsp3) is 0.222. The number of amides is 1. The van der Waals surface area contributed by atoms with Gasteiger partial charge in [0, 0.05) is 5.69 Å². The Hall–Kier alpha value is -2.66. The van der Waals surface area contributed by atoms with Gasteiger partial charge in [-0.15, -0.1) is 0 Å². The van der Waals surface area contributed by atoms with E-state index in [0.29, 0.717) is 5.82 Å². The number of aryl methyl sites for hydroxylation is 2. The first-order chi connectivity index (χ1) is 11.1. The molecular weight excluding hydrogens is 290 g/mol. The number of rotatable bonds is 4. The van der Waals surface area contributed by atoms with Crippen molar-refractivity contribution in [2.45, 2.75) is 27.0 Å². The van der Waals surface area contributed by atoms with Gasteiger partial charge >= 0.3 is 0 Å². The lowest BCUT2D eigenvalue weighted by Crippen LogP contribution is -2.20. The van der Waals surface area contributed by atoms with E-state index in [9.17, 15) is 9.90 Å². The lowest BCUT2D eigenvalue weighted by Gasteiger charge is -2.10. The molecule has 2 N–H and O–H groups in total. The van der Waals surface area contributed by atoms with E-state index in [4.69, 9.17) is 0 Å². The normalized spacial score (nSPS) is 10.9. The van der Waals surface area contributed by atoms with Gasteiger partial charge in [0.25, 0.3) is 0 Å². The highest BCUT2D eigenvalue weighted by Crippen LogP contribution is 2.17. The molecule has 0 bridgehead atoms. The highest BCUT2D eigenvalue weighted by atomic mass is 16.3. The molecule has 0 unspecified atom stereocenters. The van der Waals surface area contributed by atoms with E-state index in [1.165, 1.54) is 5.56 Å². The SMILES string of the molecule is Cc1ccc(NC(=O)Cn2c(CO)nc3ccccc32)cc1C. The maximum absolute atomic E-state index is 12.3. The number of aliphatic hydroxyl groups excluding tert-OH is 1. The van der Waals surface area contributed by atoms with E-state index in [0.717, 1.165) is 22.3 Å². The van der Waals surface area contributed by atoms with Crippen LogP contribution in [-0.2, 0) is 17.9 Å². The topological polar surface area (TPSA) is 67.2 Å². The largest absolute Gasteiger partial charge is 0.388 e. The van der Waals surface area contributed by atoms with Crippen LogP contribution in [-0.4, -0.2) is 20.6 Å². The van der Waals surface area contributed by atoms with Gasteiger partial charge in [0.2, 0.25) is 5.91 Å². The summed E-state index contributed by atoms with van der Waals surface area (Å²) in [6.45, 7) is 3.96. The van der Waals surface area contributed by atoms with Crippen LogP contribution < -0.4 is 5.32 Å². The molecule has 23 heavy (non-hydrogen) atoms. The van der Waals surface area contributed by atoms with Crippen molar-refractivity contribution < 1.29 is 9.90 Å². The van der Waals surface area contributed by atoms with Crippen LogP contribution in [0.4, 0.5) is 5.69 Å². The second-order valence-electron chi connectivity index (χ2n) is 5.61. The Bertz CT molecular complexity index is 868. The average Bonchev–Trinajstić information content (AvgIpc) is 2.89. The van der Waals surface area contributed by atoms with Crippen molar-refractivity contribution in [3.05, 3.63) is 59.4 Å². The van der Waals surface area contributed by atoms with Gasteiger partial charge in [-0.1, -0.05) is 18.2 Å². The van der Waals surface area contributed by atoms with E-state index in [2.05, 4.69) is 10.3 Å². The second-order valence-corrected chi connectivity index (χ2v) is 5.61. The van der Waals surface area contributed by atoms with Gasteiger partial charge in [0.1, 0.15) is 19.0 Å². The number of para-hydroxylation sites is 2. The molecule has 0 saturated carbocycles. The molecule has 5 nitrogen and oxygen atoms in total. The predicted molar refractivity (Wildman–Crippen MR) is 90.2 cm³/mol. The monoisotopic (exact) mass is 309 g/mol. The lowest BCUT2D eigenvalue weighted by atomic mass is 10.1. The fourth-order valence-corrected chi connectivity index (χ4v) is 2.59. The number of hydrogen-bond donors (Lipinski definition) is 2. The molecule has 0 saturated heterocycles. The molecule has 0 aliphatic heterocycles. The number of fused-ring (bicyclic) bond motifs is 1. The number of aliphatic hydroxyl groups is 1. The molecule has 3 rings (SSSR count). The second kappa shape index (κ2) is 6.22. The number of benzene rings is 2. The Kier molecular flexibility index (Phi) is 4.12. The number of nitrogens with one attached hydrogen (secondary N) is 1. The van der Waals surface area contributed by atoms with Crippen LogP contribution in [0.3, 0.4) is 0 Å². The molecule has 0 aliphatic rings. The molecule has 5 heteroatoms. The number of aromatic nitrogens is 2. The van der Waals surface area contributed by atoms with Crippen LogP contribution in [0.5, 0.6) is 0 Å². The third-order valence-electron chi connectivity index (χ3n) is 3.97. The minimum atomic E-state index is -0.203. The van der Waals surface area contributed by atoms with E-state index < -0.39 is 0 Å². The smallest absolute Gasteiger partial charge is 0.244 e. The highest BCUT2D eigenvalue weighted by molar-refractivity contribution is 5.91. The highest BCUT2D eigenvalue weighted by Gasteiger charge is 2.13. The first-order valence-electron chi connectivity index (χ1n) is 7.50. The Morgan fingerprint density at radius 2 is 1.96 bits per heavy atom. The van der Waals surface area contributed by atoms with Gasteiger partial charge in [-0.05, 0) is 49.2 Å². The van der Waals surface area contributed by atoms with Gasteiger partial charge in [-0.25, -0.2) is 4.98 Å². The van der Waals surface area contributed by atoms with Crippen LogP contribution in [0, 0.1) is 13.8 Å². The molecule has 0 spiro atoms. The molecule has 1 heterocycles. The summed E-state index contributed by atoms with van der Waals surface area (Å²) in [5.74, 6) is 0.340. The summed E-state index contributed by atoms with van der Waals surface area (Å²) in [7, 11) is 0. The molecule has 0 aliphatic carbocycles. The number of nitrogens with zero attached hydrogens (tertiary/aromatic N) is 2. The van der Waals surface area contributed by atoms with E-state index >= 15 is 0 Å². The van der Waals surface area contributed by atoms with Crippen molar-refractivity contribution in [1.82, 2.24) is 9.55 Å². The van der Waals surface area contributed by atoms with Gasteiger partial charge in [0.05, 0.1) is 11.0 Å². The van der Waals surface area contributed by atoms with Gasteiger partial charge in [-0.3, -0.25) is 4.79 Å². The Morgan fingerprint density at radius 3 is 2.70 bits per heavy atom. The first kappa shape index (κ1) is 15.2. The summed E-state index contributed by atoms with van der Waals surface area (Å²) in [4.78, 5) is 16.7. The molecular formula is C18H19N3O2. The first-order valence-corrected chi connectivity index (χ1v) is 7.50. The van der Waals surface area contributed by atoms with Crippen LogP contribution >= 0.6 is 0 Å². The zero-order valence-corrected chi connectivity index (χ0v) is 13.2. The third kappa shape index (κ3) is 3.10. The summed E-state index contributed by atoms with van der Waals surface area (Å²) < 4.78 is 1.74. The average molecular weight is 309 g/mol. The minimum absolute atomic E-state index is 0.114. The zero-order valence-electron chi connectivity index (χ0n) is 13.2. The molecule has 1 aromatic heterocycles. The van der Waals surface area contributed by atoms with E-state index in [1.54, 1.807) is 4.57 Å². The molecule has 2 aromatic carbocycles. The zero-order chi connectivity index (χ0) is 16.4.